The number of aromatic carboxylic acids is 1. The number of nitrogens with zero attached hydrogens (tertiary/aromatic N) is 2. The average molecular weight is 267 g/mol. The van der Waals surface area contributed by atoms with Gasteiger partial charge in [0.1, 0.15) is 5.82 Å². The Morgan fingerprint density at radius 3 is 2.72 bits per heavy atom. The molecule has 0 unspecified atom stereocenters. The molecular formula is C10H6FN3O3S. The van der Waals surface area contributed by atoms with Gasteiger partial charge in [0.05, 0.1) is 23.5 Å². The van der Waals surface area contributed by atoms with Crippen LogP contribution in [0.5, 0.6) is 0 Å². The molecule has 0 fully saturated rings. The molecule has 92 valence electrons. The van der Waals surface area contributed by atoms with Crippen LogP contribution in [0.2, 0.25) is 0 Å². The zero-order chi connectivity index (χ0) is 13.1. The number of rotatable bonds is 3. The lowest BCUT2D eigenvalue weighted by Crippen LogP contribution is -2.12. The minimum atomic E-state index is -1.37. The van der Waals surface area contributed by atoms with Gasteiger partial charge in [0.15, 0.2) is 5.69 Å². The Hall–Kier alpha value is -2.35. The van der Waals surface area contributed by atoms with Crippen LogP contribution < -0.4 is 5.32 Å². The molecule has 0 aliphatic carbocycles. The summed E-state index contributed by atoms with van der Waals surface area (Å²) in [5.41, 5.74) is -0.193. The van der Waals surface area contributed by atoms with Crippen LogP contribution in [0.25, 0.3) is 0 Å². The van der Waals surface area contributed by atoms with E-state index in [-0.39, 0.29) is 11.4 Å². The predicted molar refractivity (Wildman–Crippen MR) is 61.2 cm³/mol. The molecule has 0 bridgehead atoms. The minimum absolute atomic E-state index is 0.114. The highest BCUT2D eigenvalue weighted by atomic mass is 32.1. The van der Waals surface area contributed by atoms with Crippen molar-refractivity contribution >= 4 is 29.3 Å². The lowest BCUT2D eigenvalue weighted by molar-refractivity contribution is 0.0692. The van der Waals surface area contributed by atoms with Crippen molar-refractivity contribution in [3.05, 3.63) is 41.5 Å². The number of carbonyl (C=O) groups is 2. The van der Waals surface area contributed by atoms with E-state index in [2.05, 4.69) is 14.1 Å². The molecule has 2 rings (SSSR count). The Kier molecular flexibility index (Phi) is 3.28. The van der Waals surface area contributed by atoms with Crippen molar-refractivity contribution < 1.29 is 19.1 Å². The highest BCUT2D eigenvalue weighted by molar-refractivity contribution is 6.99. The summed E-state index contributed by atoms with van der Waals surface area (Å²) in [6.45, 7) is 0. The molecule has 2 N–H and O–H groups in total. The third-order valence-electron chi connectivity index (χ3n) is 2.05. The number of benzene rings is 1. The molecule has 6 nitrogen and oxygen atoms in total. The largest absolute Gasteiger partial charge is 0.478 e. The molecule has 2 aromatic rings. The molecule has 0 saturated carbocycles. The molecule has 0 atom stereocenters. The van der Waals surface area contributed by atoms with Gasteiger partial charge in [-0.25, -0.2) is 9.18 Å². The fourth-order valence-electron chi connectivity index (χ4n) is 1.23. The number of halogens is 1. The standard InChI is InChI=1S/C10H6FN3O3S/c11-7-3-5(1-2-6(7)10(16)17)13-9(15)8-4-12-18-14-8/h1-4H,(H,13,15)(H,16,17). The summed E-state index contributed by atoms with van der Waals surface area (Å²) >= 11 is 0.875. The lowest BCUT2D eigenvalue weighted by Gasteiger charge is -2.04. The van der Waals surface area contributed by atoms with Crippen LogP contribution in [0.4, 0.5) is 10.1 Å². The maximum atomic E-state index is 13.3. The van der Waals surface area contributed by atoms with E-state index < -0.39 is 23.3 Å². The summed E-state index contributed by atoms with van der Waals surface area (Å²) in [7, 11) is 0. The highest BCUT2D eigenvalue weighted by Gasteiger charge is 2.13. The van der Waals surface area contributed by atoms with Crippen LogP contribution in [-0.4, -0.2) is 25.7 Å². The molecule has 18 heavy (non-hydrogen) atoms. The third kappa shape index (κ3) is 2.48. The summed E-state index contributed by atoms with van der Waals surface area (Å²) < 4.78 is 20.7. The summed E-state index contributed by atoms with van der Waals surface area (Å²) in [5.74, 6) is -2.82. The van der Waals surface area contributed by atoms with E-state index in [9.17, 15) is 14.0 Å². The summed E-state index contributed by atoms with van der Waals surface area (Å²) in [5, 5.41) is 11.0. The van der Waals surface area contributed by atoms with Crippen molar-refractivity contribution in [1.29, 1.82) is 0 Å². The molecule has 0 radical (unpaired) electrons. The first-order valence-electron chi connectivity index (χ1n) is 4.69. The van der Waals surface area contributed by atoms with Crippen LogP contribution in [0.15, 0.2) is 24.4 Å². The molecule has 1 aromatic carbocycles. The number of amides is 1. The molecule has 8 heteroatoms. The van der Waals surface area contributed by atoms with Gasteiger partial charge in [0.25, 0.3) is 5.91 Å². The van der Waals surface area contributed by atoms with Gasteiger partial charge in [-0.15, -0.1) is 0 Å². The van der Waals surface area contributed by atoms with Gasteiger partial charge >= 0.3 is 5.97 Å². The number of carbonyl (C=O) groups excluding carboxylic acids is 1. The van der Waals surface area contributed by atoms with E-state index >= 15 is 0 Å². The van der Waals surface area contributed by atoms with Gasteiger partial charge in [-0.2, -0.15) is 8.75 Å². The Bertz CT molecular complexity index is 600. The molecule has 1 amide bonds. The maximum absolute atomic E-state index is 13.3. The first kappa shape index (κ1) is 12.1. The van der Waals surface area contributed by atoms with Crippen LogP contribution >= 0.6 is 11.7 Å². The number of hydrogen-bond donors (Lipinski definition) is 2. The van der Waals surface area contributed by atoms with E-state index in [1.807, 2.05) is 0 Å². The number of carboxylic acid groups (broad SMARTS) is 1. The molecular weight excluding hydrogens is 261 g/mol. The Labute approximate surface area is 104 Å². The minimum Gasteiger partial charge on any atom is -0.478 e. The second kappa shape index (κ2) is 4.88. The Morgan fingerprint density at radius 1 is 1.39 bits per heavy atom. The highest BCUT2D eigenvalue weighted by Crippen LogP contribution is 2.15. The first-order valence-corrected chi connectivity index (χ1v) is 5.42. The van der Waals surface area contributed by atoms with E-state index in [1.54, 1.807) is 0 Å². The summed E-state index contributed by atoms with van der Waals surface area (Å²) in [6.07, 6.45) is 1.28. The molecule has 0 aliphatic heterocycles. The fraction of sp³-hybridized carbons (Fsp3) is 0. The van der Waals surface area contributed by atoms with Gasteiger partial charge in [-0.1, -0.05) is 0 Å². The van der Waals surface area contributed by atoms with Gasteiger partial charge < -0.3 is 10.4 Å². The van der Waals surface area contributed by atoms with Crippen LogP contribution in [0, 0.1) is 5.82 Å². The topological polar surface area (TPSA) is 92.2 Å². The third-order valence-corrected chi connectivity index (χ3v) is 2.53. The van der Waals surface area contributed by atoms with E-state index in [4.69, 9.17) is 5.11 Å². The zero-order valence-electron chi connectivity index (χ0n) is 8.75. The van der Waals surface area contributed by atoms with Gasteiger partial charge in [0.2, 0.25) is 0 Å². The molecule has 1 aromatic heterocycles. The summed E-state index contributed by atoms with van der Waals surface area (Å²) in [4.78, 5) is 22.2. The lowest BCUT2D eigenvalue weighted by atomic mass is 10.2. The first-order chi connectivity index (χ1) is 8.58. The quantitative estimate of drug-likeness (QED) is 0.881. The van der Waals surface area contributed by atoms with Crippen molar-refractivity contribution in [2.24, 2.45) is 0 Å². The molecule has 0 aliphatic rings. The number of carboxylic acids is 1. The second-order valence-corrected chi connectivity index (χ2v) is 3.80. The van der Waals surface area contributed by atoms with Gasteiger partial charge in [0, 0.05) is 5.69 Å². The fourth-order valence-corrected chi connectivity index (χ4v) is 1.64. The average Bonchev–Trinajstić information content (AvgIpc) is 2.81. The monoisotopic (exact) mass is 267 g/mol. The van der Waals surface area contributed by atoms with E-state index in [0.717, 1.165) is 23.9 Å². The van der Waals surface area contributed by atoms with Crippen LogP contribution in [0.3, 0.4) is 0 Å². The smallest absolute Gasteiger partial charge is 0.338 e. The van der Waals surface area contributed by atoms with E-state index in [0.29, 0.717) is 0 Å². The number of aromatic nitrogens is 2. The Morgan fingerprint density at radius 2 is 2.17 bits per heavy atom. The maximum Gasteiger partial charge on any atom is 0.338 e. The SMILES string of the molecule is O=C(Nc1ccc(C(=O)O)c(F)c1)c1cnsn1. The van der Waals surface area contributed by atoms with Crippen LogP contribution in [0.1, 0.15) is 20.8 Å². The molecule has 1 heterocycles. The van der Waals surface area contributed by atoms with Crippen molar-refractivity contribution in [1.82, 2.24) is 8.75 Å². The van der Waals surface area contributed by atoms with Gasteiger partial charge in [-0.05, 0) is 18.2 Å². The van der Waals surface area contributed by atoms with Crippen molar-refractivity contribution in [2.75, 3.05) is 5.32 Å². The van der Waals surface area contributed by atoms with E-state index in [1.165, 1.54) is 12.3 Å². The normalized spacial score (nSPS) is 10.1. The Balaban J connectivity index is 2.18. The van der Waals surface area contributed by atoms with Crippen LogP contribution in [-0.2, 0) is 0 Å². The number of hydrogen-bond acceptors (Lipinski definition) is 5. The number of anilines is 1. The molecule has 0 spiro atoms. The van der Waals surface area contributed by atoms with Crippen molar-refractivity contribution in [2.45, 2.75) is 0 Å². The second-order valence-electron chi connectivity index (χ2n) is 3.25. The molecule has 0 saturated heterocycles. The van der Waals surface area contributed by atoms with Crippen molar-refractivity contribution in [3.8, 4) is 0 Å². The summed E-state index contributed by atoms with van der Waals surface area (Å²) in [6, 6.07) is 3.30. The van der Waals surface area contributed by atoms with Gasteiger partial charge in [-0.3, -0.25) is 4.79 Å². The van der Waals surface area contributed by atoms with Crippen molar-refractivity contribution in [3.63, 3.8) is 0 Å². The predicted octanol–water partition coefficient (Wildman–Crippen LogP) is 1.63. The zero-order valence-corrected chi connectivity index (χ0v) is 9.57. The number of nitrogens with one attached hydrogen (secondary N) is 1.